The van der Waals surface area contributed by atoms with Crippen molar-refractivity contribution >= 4 is 22.9 Å². The van der Waals surface area contributed by atoms with Crippen LogP contribution in [0.2, 0.25) is 0 Å². The van der Waals surface area contributed by atoms with Crippen molar-refractivity contribution in [3.8, 4) is 0 Å². The Hall–Kier alpha value is -0.190. The van der Waals surface area contributed by atoms with Crippen molar-refractivity contribution in [1.29, 1.82) is 0 Å². The third-order valence-electron chi connectivity index (χ3n) is 2.30. The van der Waals surface area contributed by atoms with E-state index in [9.17, 15) is 0 Å². The molecule has 1 saturated heterocycles. The van der Waals surface area contributed by atoms with E-state index in [4.69, 9.17) is 16.3 Å². The van der Waals surface area contributed by atoms with Gasteiger partial charge < -0.3 is 4.74 Å². The molecular formula is C9H13ClN2OS. The molecule has 1 unspecified atom stereocenters. The third-order valence-corrected chi connectivity index (χ3v) is 3.63. The maximum absolute atomic E-state index is 5.65. The minimum atomic E-state index is 0.463. The normalized spacial score (nSPS) is 22.5. The highest BCUT2D eigenvalue weighted by Crippen LogP contribution is 2.27. The Morgan fingerprint density at radius 2 is 2.43 bits per heavy atom. The van der Waals surface area contributed by atoms with Crippen LogP contribution in [-0.4, -0.2) is 29.3 Å². The summed E-state index contributed by atoms with van der Waals surface area (Å²) in [4.78, 5) is 0. The molecule has 1 atom stereocenters. The number of hydrogen-bond donors (Lipinski definition) is 0. The van der Waals surface area contributed by atoms with Gasteiger partial charge in [0.2, 0.25) is 0 Å². The first kappa shape index (κ1) is 10.3. The number of nitrogens with zero attached hydrogens (tertiary/aromatic N) is 2. The zero-order valence-corrected chi connectivity index (χ0v) is 9.48. The van der Waals surface area contributed by atoms with E-state index >= 15 is 0 Å². The molecule has 1 aliphatic rings. The van der Waals surface area contributed by atoms with Crippen molar-refractivity contribution < 1.29 is 4.74 Å². The van der Waals surface area contributed by atoms with E-state index in [-0.39, 0.29) is 0 Å². The van der Waals surface area contributed by atoms with Gasteiger partial charge in [-0.25, -0.2) is 0 Å². The molecule has 0 spiro atoms. The summed E-state index contributed by atoms with van der Waals surface area (Å²) in [5, 5.41) is 10.5. The Balaban J connectivity index is 2.00. The van der Waals surface area contributed by atoms with Crippen molar-refractivity contribution in [1.82, 2.24) is 10.2 Å². The summed E-state index contributed by atoms with van der Waals surface area (Å²) in [6.07, 6.45) is 3.14. The van der Waals surface area contributed by atoms with Crippen molar-refractivity contribution in [2.75, 3.05) is 19.1 Å². The molecule has 2 heterocycles. The summed E-state index contributed by atoms with van der Waals surface area (Å²) in [5.41, 5.74) is 0. The molecule has 3 nitrogen and oxygen atoms in total. The standard InChI is InChI=1S/C9H13ClN2OS/c10-4-3-8-11-12-9(14-8)7-2-1-5-13-6-7/h7H,1-6H2. The minimum absolute atomic E-state index is 0.463. The molecule has 0 N–H and O–H groups in total. The van der Waals surface area contributed by atoms with E-state index in [2.05, 4.69) is 10.2 Å². The lowest BCUT2D eigenvalue weighted by Gasteiger charge is -2.19. The van der Waals surface area contributed by atoms with Gasteiger partial charge in [-0.15, -0.1) is 33.1 Å². The number of aromatic nitrogens is 2. The number of rotatable bonds is 3. The molecular weight excluding hydrogens is 220 g/mol. The second-order valence-electron chi connectivity index (χ2n) is 3.39. The second-order valence-corrected chi connectivity index (χ2v) is 4.86. The Kier molecular flexibility index (Phi) is 3.73. The van der Waals surface area contributed by atoms with E-state index in [1.54, 1.807) is 11.3 Å². The molecule has 1 fully saturated rings. The molecule has 0 amide bonds. The van der Waals surface area contributed by atoms with Gasteiger partial charge in [-0.2, -0.15) is 0 Å². The van der Waals surface area contributed by atoms with E-state index in [0.29, 0.717) is 11.8 Å². The van der Waals surface area contributed by atoms with Crippen LogP contribution in [0.5, 0.6) is 0 Å². The quantitative estimate of drug-likeness (QED) is 0.750. The lowest BCUT2D eigenvalue weighted by atomic mass is 10.0. The lowest BCUT2D eigenvalue weighted by molar-refractivity contribution is 0.0802. The van der Waals surface area contributed by atoms with Crippen LogP contribution in [0.15, 0.2) is 0 Å². The first-order valence-electron chi connectivity index (χ1n) is 4.86. The van der Waals surface area contributed by atoms with Gasteiger partial charge in [0.1, 0.15) is 10.0 Å². The van der Waals surface area contributed by atoms with Gasteiger partial charge in [-0.3, -0.25) is 0 Å². The van der Waals surface area contributed by atoms with Crippen LogP contribution < -0.4 is 0 Å². The van der Waals surface area contributed by atoms with Gasteiger partial charge in [0.05, 0.1) is 6.61 Å². The van der Waals surface area contributed by atoms with E-state index in [1.807, 2.05) is 0 Å². The topological polar surface area (TPSA) is 35.0 Å². The third kappa shape index (κ3) is 2.43. The maximum Gasteiger partial charge on any atom is 0.122 e. The Labute approximate surface area is 92.4 Å². The number of aryl methyl sites for hydroxylation is 1. The van der Waals surface area contributed by atoms with Crippen LogP contribution in [-0.2, 0) is 11.2 Å². The molecule has 0 aliphatic carbocycles. The summed E-state index contributed by atoms with van der Waals surface area (Å²) in [5.74, 6) is 1.08. The lowest BCUT2D eigenvalue weighted by Crippen LogP contribution is -2.15. The predicted molar refractivity (Wildman–Crippen MR) is 57.1 cm³/mol. The number of hydrogen-bond acceptors (Lipinski definition) is 4. The van der Waals surface area contributed by atoms with Gasteiger partial charge in [-0.05, 0) is 12.8 Å². The highest BCUT2D eigenvalue weighted by Gasteiger charge is 2.19. The van der Waals surface area contributed by atoms with Gasteiger partial charge >= 0.3 is 0 Å². The highest BCUT2D eigenvalue weighted by molar-refractivity contribution is 7.11. The molecule has 14 heavy (non-hydrogen) atoms. The van der Waals surface area contributed by atoms with Gasteiger partial charge in [-0.1, -0.05) is 0 Å². The summed E-state index contributed by atoms with van der Waals surface area (Å²) in [6.45, 7) is 1.69. The monoisotopic (exact) mass is 232 g/mol. The molecule has 0 aromatic carbocycles. The predicted octanol–water partition coefficient (Wildman–Crippen LogP) is 2.21. The highest BCUT2D eigenvalue weighted by atomic mass is 35.5. The Bertz CT molecular complexity index is 286. The fourth-order valence-electron chi connectivity index (χ4n) is 1.55. The summed E-state index contributed by atoms with van der Waals surface area (Å²) in [7, 11) is 0. The first-order chi connectivity index (χ1) is 6.90. The van der Waals surface area contributed by atoms with E-state index < -0.39 is 0 Å². The smallest absolute Gasteiger partial charge is 0.122 e. The van der Waals surface area contributed by atoms with E-state index in [1.165, 1.54) is 6.42 Å². The van der Waals surface area contributed by atoms with Gasteiger partial charge in [0.25, 0.3) is 0 Å². The SMILES string of the molecule is ClCCc1nnc(C2CCCOC2)s1. The first-order valence-corrected chi connectivity index (χ1v) is 6.21. The van der Waals surface area contributed by atoms with Crippen LogP contribution in [0.1, 0.15) is 28.8 Å². The molecule has 0 saturated carbocycles. The van der Waals surface area contributed by atoms with Crippen molar-refractivity contribution in [2.45, 2.75) is 25.2 Å². The summed E-state index contributed by atoms with van der Waals surface area (Å²) in [6, 6.07) is 0. The minimum Gasteiger partial charge on any atom is -0.381 e. The Morgan fingerprint density at radius 3 is 3.14 bits per heavy atom. The number of alkyl halides is 1. The Morgan fingerprint density at radius 1 is 1.50 bits per heavy atom. The molecule has 1 aromatic rings. The van der Waals surface area contributed by atoms with Gasteiger partial charge in [0.15, 0.2) is 0 Å². The zero-order valence-electron chi connectivity index (χ0n) is 7.91. The number of ether oxygens (including phenoxy) is 1. The van der Waals surface area contributed by atoms with Crippen molar-refractivity contribution in [2.24, 2.45) is 0 Å². The van der Waals surface area contributed by atoms with Crippen LogP contribution in [0.4, 0.5) is 0 Å². The fourth-order valence-corrected chi connectivity index (χ4v) is 2.80. The van der Waals surface area contributed by atoms with Crippen molar-refractivity contribution in [3.63, 3.8) is 0 Å². The molecule has 0 radical (unpaired) electrons. The molecule has 2 rings (SSSR count). The van der Waals surface area contributed by atoms with Crippen LogP contribution in [0, 0.1) is 0 Å². The maximum atomic E-state index is 5.65. The largest absolute Gasteiger partial charge is 0.381 e. The van der Waals surface area contributed by atoms with Crippen LogP contribution >= 0.6 is 22.9 Å². The molecule has 1 aromatic heterocycles. The molecule has 0 bridgehead atoms. The summed E-state index contributed by atoms with van der Waals surface area (Å²) < 4.78 is 5.42. The second kappa shape index (κ2) is 5.05. The molecule has 78 valence electrons. The average Bonchev–Trinajstić information content (AvgIpc) is 2.68. The average molecular weight is 233 g/mol. The zero-order chi connectivity index (χ0) is 9.80. The molecule has 1 aliphatic heterocycles. The molecule has 5 heteroatoms. The van der Waals surface area contributed by atoms with Gasteiger partial charge in [0, 0.05) is 24.8 Å². The van der Waals surface area contributed by atoms with Crippen LogP contribution in [0.3, 0.4) is 0 Å². The van der Waals surface area contributed by atoms with Crippen molar-refractivity contribution in [3.05, 3.63) is 10.0 Å². The number of halogens is 1. The summed E-state index contributed by atoms with van der Waals surface area (Å²) >= 11 is 7.32. The fraction of sp³-hybridized carbons (Fsp3) is 0.778. The van der Waals surface area contributed by atoms with Crippen LogP contribution in [0.25, 0.3) is 0 Å². The van der Waals surface area contributed by atoms with E-state index in [0.717, 1.165) is 36.1 Å².